The Morgan fingerprint density at radius 3 is 2.71 bits per heavy atom. The number of nitrogens with zero attached hydrogens (tertiary/aromatic N) is 1. The summed E-state index contributed by atoms with van der Waals surface area (Å²) in [5.74, 6) is -0.784. The standard InChI is InChI=1S/C25H22N4O5/c1-16-20(21-9-2-3-10-22(21)27-16)11-12-26-25(31)23(15-19-8-5-13-34-19)28-24(30)17-6-4-7-18(14-17)29(32)33/h2-10,13-15,27H,11-12H2,1H3,(H,26,31)(H,28,30). The summed E-state index contributed by atoms with van der Waals surface area (Å²) in [7, 11) is 0. The van der Waals surface area contributed by atoms with Gasteiger partial charge in [-0.3, -0.25) is 19.7 Å². The molecule has 2 amide bonds. The summed E-state index contributed by atoms with van der Waals surface area (Å²) in [5, 5.41) is 17.5. The summed E-state index contributed by atoms with van der Waals surface area (Å²) in [6.45, 7) is 2.32. The topological polar surface area (TPSA) is 130 Å². The zero-order chi connectivity index (χ0) is 24.1. The third-order valence-corrected chi connectivity index (χ3v) is 5.33. The Morgan fingerprint density at radius 1 is 1.12 bits per heavy atom. The van der Waals surface area contributed by atoms with E-state index in [1.54, 1.807) is 12.1 Å². The summed E-state index contributed by atoms with van der Waals surface area (Å²) in [6, 6.07) is 16.5. The van der Waals surface area contributed by atoms with Gasteiger partial charge in [-0.05, 0) is 43.2 Å². The molecule has 0 unspecified atom stereocenters. The van der Waals surface area contributed by atoms with E-state index in [2.05, 4.69) is 15.6 Å². The molecule has 0 spiro atoms. The highest BCUT2D eigenvalue weighted by Gasteiger charge is 2.17. The number of amides is 2. The van der Waals surface area contributed by atoms with Gasteiger partial charge >= 0.3 is 0 Å². The zero-order valence-corrected chi connectivity index (χ0v) is 18.3. The molecule has 0 saturated carbocycles. The Kier molecular flexibility index (Phi) is 6.54. The first-order valence-corrected chi connectivity index (χ1v) is 10.6. The number of non-ortho nitro benzene ring substituents is 1. The molecule has 172 valence electrons. The molecule has 9 heteroatoms. The lowest BCUT2D eigenvalue weighted by Gasteiger charge is -2.11. The molecule has 0 radical (unpaired) electrons. The molecular weight excluding hydrogens is 436 g/mol. The number of H-pyrrole nitrogens is 1. The molecule has 0 atom stereocenters. The maximum atomic E-state index is 12.9. The van der Waals surface area contributed by atoms with E-state index < -0.39 is 16.7 Å². The van der Waals surface area contributed by atoms with E-state index >= 15 is 0 Å². The Bertz CT molecular complexity index is 1390. The van der Waals surface area contributed by atoms with Crippen LogP contribution in [0.2, 0.25) is 0 Å². The number of nitro groups is 1. The first kappa shape index (κ1) is 22.5. The molecule has 0 saturated heterocycles. The molecule has 2 heterocycles. The number of para-hydroxylation sites is 1. The van der Waals surface area contributed by atoms with Gasteiger partial charge in [0.2, 0.25) is 0 Å². The second kappa shape index (κ2) is 9.86. The minimum Gasteiger partial charge on any atom is -0.465 e. The van der Waals surface area contributed by atoms with Crippen molar-refractivity contribution in [1.82, 2.24) is 15.6 Å². The lowest BCUT2D eigenvalue weighted by Crippen LogP contribution is -2.35. The van der Waals surface area contributed by atoms with Gasteiger partial charge in [-0.15, -0.1) is 0 Å². The van der Waals surface area contributed by atoms with Crippen LogP contribution in [0.25, 0.3) is 17.0 Å². The molecule has 2 aromatic heterocycles. The number of furan rings is 1. The van der Waals surface area contributed by atoms with Crippen LogP contribution in [-0.2, 0) is 11.2 Å². The first-order chi connectivity index (χ1) is 16.4. The van der Waals surface area contributed by atoms with Crippen molar-refractivity contribution in [1.29, 1.82) is 0 Å². The predicted molar refractivity (Wildman–Crippen MR) is 127 cm³/mol. The van der Waals surface area contributed by atoms with Crippen LogP contribution >= 0.6 is 0 Å². The molecule has 0 fully saturated rings. The Hall–Kier alpha value is -4.66. The van der Waals surface area contributed by atoms with Crippen molar-refractivity contribution < 1.29 is 18.9 Å². The molecule has 34 heavy (non-hydrogen) atoms. The number of aryl methyl sites for hydroxylation is 1. The molecule has 9 nitrogen and oxygen atoms in total. The van der Waals surface area contributed by atoms with Crippen molar-refractivity contribution >= 4 is 34.5 Å². The van der Waals surface area contributed by atoms with E-state index in [0.29, 0.717) is 18.7 Å². The number of hydrogen-bond acceptors (Lipinski definition) is 5. The van der Waals surface area contributed by atoms with Crippen LogP contribution in [0.4, 0.5) is 5.69 Å². The molecule has 4 aromatic rings. The van der Waals surface area contributed by atoms with E-state index in [1.165, 1.54) is 30.5 Å². The highest BCUT2D eigenvalue weighted by molar-refractivity contribution is 6.05. The van der Waals surface area contributed by atoms with Gasteiger partial charge in [0.25, 0.3) is 17.5 Å². The number of hydrogen-bond donors (Lipinski definition) is 3. The molecular formula is C25H22N4O5. The molecule has 0 aliphatic heterocycles. The van der Waals surface area contributed by atoms with Crippen molar-refractivity contribution in [3.63, 3.8) is 0 Å². The van der Waals surface area contributed by atoms with Crippen LogP contribution in [0.1, 0.15) is 27.4 Å². The second-order valence-electron chi connectivity index (χ2n) is 7.62. The number of rotatable bonds is 8. The van der Waals surface area contributed by atoms with Crippen LogP contribution in [-0.4, -0.2) is 28.3 Å². The molecule has 0 aliphatic carbocycles. The Balaban J connectivity index is 1.49. The maximum Gasteiger partial charge on any atom is 0.270 e. The largest absolute Gasteiger partial charge is 0.465 e. The van der Waals surface area contributed by atoms with Crippen LogP contribution in [0, 0.1) is 17.0 Å². The quantitative estimate of drug-likeness (QED) is 0.208. The summed E-state index contributed by atoms with van der Waals surface area (Å²) in [6.07, 6.45) is 3.44. The Labute approximate surface area is 194 Å². The van der Waals surface area contributed by atoms with E-state index in [-0.39, 0.29) is 16.9 Å². The van der Waals surface area contributed by atoms with Gasteiger partial charge in [0.1, 0.15) is 11.5 Å². The van der Waals surface area contributed by atoms with Crippen LogP contribution in [0.3, 0.4) is 0 Å². The number of benzene rings is 2. The number of carbonyl (C=O) groups excluding carboxylic acids is 2. The Morgan fingerprint density at radius 2 is 1.94 bits per heavy atom. The van der Waals surface area contributed by atoms with E-state index in [4.69, 9.17) is 4.42 Å². The van der Waals surface area contributed by atoms with Crippen molar-refractivity contribution in [3.05, 3.63) is 105 Å². The SMILES string of the molecule is Cc1[nH]c2ccccc2c1CCNC(=O)C(=Cc1ccco1)NC(=O)c1cccc([N+](=O)[O-])c1. The highest BCUT2D eigenvalue weighted by atomic mass is 16.6. The molecule has 2 aromatic carbocycles. The number of nitrogens with one attached hydrogen (secondary N) is 3. The normalized spacial score (nSPS) is 11.4. The van der Waals surface area contributed by atoms with Crippen molar-refractivity contribution in [2.75, 3.05) is 6.54 Å². The van der Waals surface area contributed by atoms with Gasteiger partial charge in [0.05, 0.1) is 11.2 Å². The monoisotopic (exact) mass is 458 g/mol. The van der Waals surface area contributed by atoms with Crippen molar-refractivity contribution in [2.24, 2.45) is 0 Å². The third kappa shape index (κ3) is 5.04. The fraction of sp³-hybridized carbons (Fsp3) is 0.120. The van der Waals surface area contributed by atoms with Gasteiger partial charge in [-0.2, -0.15) is 0 Å². The average Bonchev–Trinajstić information content (AvgIpc) is 3.46. The average molecular weight is 458 g/mol. The first-order valence-electron chi connectivity index (χ1n) is 10.6. The minimum absolute atomic E-state index is 0.0397. The minimum atomic E-state index is -0.649. The lowest BCUT2D eigenvalue weighted by atomic mass is 10.1. The zero-order valence-electron chi connectivity index (χ0n) is 18.3. The van der Waals surface area contributed by atoms with Gasteiger partial charge in [0.15, 0.2) is 0 Å². The summed E-state index contributed by atoms with van der Waals surface area (Å²) in [4.78, 5) is 39.4. The number of aromatic nitrogens is 1. The van der Waals surface area contributed by atoms with Crippen LogP contribution in [0.15, 0.2) is 77.0 Å². The molecule has 4 rings (SSSR count). The fourth-order valence-electron chi connectivity index (χ4n) is 3.68. The van der Waals surface area contributed by atoms with Gasteiger partial charge in [-0.1, -0.05) is 24.3 Å². The van der Waals surface area contributed by atoms with Gasteiger partial charge < -0.3 is 20.0 Å². The van der Waals surface area contributed by atoms with Gasteiger partial charge in [0, 0.05) is 46.9 Å². The summed E-state index contributed by atoms with van der Waals surface area (Å²) >= 11 is 0. The molecule has 0 bridgehead atoms. The number of nitro benzene ring substituents is 1. The van der Waals surface area contributed by atoms with E-state index in [1.807, 2.05) is 31.2 Å². The number of fused-ring (bicyclic) bond motifs is 1. The van der Waals surface area contributed by atoms with Crippen LogP contribution in [0.5, 0.6) is 0 Å². The second-order valence-corrected chi connectivity index (χ2v) is 7.62. The van der Waals surface area contributed by atoms with Crippen LogP contribution < -0.4 is 10.6 Å². The third-order valence-electron chi connectivity index (χ3n) is 5.33. The summed E-state index contributed by atoms with van der Waals surface area (Å²) < 4.78 is 5.28. The number of aromatic amines is 1. The molecule has 3 N–H and O–H groups in total. The number of carbonyl (C=O) groups is 2. The fourth-order valence-corrected chi connectivity index (χ4v) is 3.68. The highest BCUT2D eigenvalue weighted by Crippen LogP contribution is 2.22. The van der Waals surface area contributed by atoms with E-state index in [9.17, 15) is 19.7 Å². The lowest BCUT2D eigenvalue weighted by molar-refractivity contribution is -0.384. The molecule has 0 aliphatic rings. The van der Waals surface area contributed by atoms with Crippen molar-refractivity contribution in [2.45, 2.75) is 13.3 Å². The van der Waals surface area contributed by atoms with Crippen molar-refractivity contribution in [3.8, 4) is 0 Å². The predicted octanol–water partition coefficient (Wildman–Crippen LogP) is 4.11. The van der Waals surface area contributed by atoms with Gasteiger partial charge in [-0.25, -0.2) is 0 Å². The van der Waals surface area contributed by atoms with E-state index in [0.717, 1.165) is 28.2 Å². The summed E-state index contributed by atoms with van der Waals surface area (Å²) in [5.41, 5.74) is 2.96. The maximum absolute atomic E-state index is 12.9. The smallest absolute Gasteiger partial charge is 0.270 e.